The first kappa shape index (κ1) is 12.0. The molecule has 2 aromatic rings. The molecule has 5 heteroatoms. The zero-order valence-corrected chi connectivity index (χ0v) is 10.5. The normalized spacial score (nSPS) is 10.3. The first-order valence-electron chi connectivity index (χ1n) is 4.88. The second-order valence-corrected chi connectivity index (χ2v) is 4.31. The highest BCUT2D eigenvalue weighted by molar-refractivity contribution is 6.35. The maximum Gasteiger partial charge on any atom is 0.259 e. The lowest BCUT2D eigenvalue weighted by atomic mass is 10.2. The Bertz CT molecular complexity index is 563. The smallest absolute Gasteiger partial charge is 0.259 e. The van der Waals surface area contributed by atoms with Gasteiger partial charge in [-0.2, -0.15) is 0 Å². The van der Waals surface area contributed by atoms with Crippen LogP contribution in [0.3, 0.4) is 0 Å². The van der Waals surface area contributed by atoms with E-state index in [0.29, 0.717) is 27.1 Å². The van der Waals surface area contributed by atoms with Crippen LogP contribution < -0.4 is 5.32 Å². The minimum atomic E-state index is -0.277. The fourth-order valence-corrected chi connectivity index (χ4v) is 1.74. The van der Waals surface area contributed by atoms with Gasteiger partial charge in [0.1, 0.15) is 5.76 Å². The van der Waals surface area contributed by atoms with Gasteiger partial charge in [0.2, 0.25) is 0 Å². The number of anilines is 1. The number of hydrogen-bond donors (Lipinski definition) is 1. The van der Waals surface area contributed by atoms with Crippen molar-refractivity contribution in [1.82, 2.24) is 0 Å². The molecule has 0 spiro atoms. The van der Waals surface area contributed by atoms with E-state index in [1.807, 2.05) is 0 Å². The SMILES string of the molecule is Cc1occc1C(=O)Nc1cc(Cl)ccc1Cl. The van der Waals surface area contributed by atoms with Gasteiger partial charge in [-0.05, 0) is 31.2 Å². The van der Waals surface area contributed by atoms with Gasteiger partial charge in [-0.1, -0.05) is 23.2 Å². The summed E-state index contributed by atoms with van der Waals surface area (Å²) in [7, 11) is 0. The van der Waals surface area contributed by atoms with Crippen molar-refractivity contribution in [2.75, 3.05) is 5.32 Å². The molecule has 1 heterocycles. The molecule has 1 amide bonds. The quantitative estimate of drug-likeness (QED) is 0.890. The fourth-order valence-electron chi connectivity index (χ4n) is 1.40. The number of amides is 1. The highest BCUT2D eigenvalue weighted by Gasteiger charge is 2.13. The van der Waals surface area contributed by atoms with Crippen LogP contribution in [0.5, 0.6) is 0 Å². The molecule has 0 saturated carbocycles. The van der Waals surface area contributed by atoms with E-state index in [1.54, 1.807) is 31.2 Å². The van der Waals surface area contributed by atoms with E-state index in [0.717, 1.165) is 0 Å². The molecule has 2 rings (SSSR count). The number of benzene rings is 1. The lowest BCUT2D eigenvalue weighted by Crippen LogP contribution is -2.12. The van der Waals surface area contributed by atoms with E-state index >= 15 is 0 Å². The Morgan fingerprint density at radius 2 is 2.06 bits per heavy atom. The summed E-state index contributed by atoms with van der Waals surface area (Å²) >= 11 is 11.8. The largest absolute Gasteiger partial charge is 0.469 e. The first-order valence-corrected chi connectivity index (χ1v) is 5.64. The van der Waals surface area contributed by atoms with Crippen molar-refractivity contribution in [3.63, 3.8) is 0 Å². The van der Waals surface area contributed by atoms with Crippen LogP contribution in [0.4, 0.5) is 5.69 Å². The number of halogens is 2. The highest BCUT2D eigenvalue weighted by Crippen LogP contribution is 2.26. The Morgan fingerprint density at radius 1 is 1.29 bits per heavy atom. The highest BCUT2D eigenvalue weighted by atomic mass is 35.5. The Kier molecular flexibility index (Phi) is 3.41. The summed E-state index contributed by atoms with van der Waals surface area (Å²) in [5, 5.41) is 3.62. The molecule has 1 N–H and O–H groups in total. The predicted octanol–water partition coefficient (Wildman–Crippen LogP) is 4.15. The average molecular weight is 270 g/mol. The number of carbonyl (C=O) groups is 1. The first-order chi connectivity index (χ1) is 8.08. The number of furan rings is 1. The van der Waals surface area contributed by atoms with Crippen molar-refractivity contribution in [1.29, 1.82) is 0 Å². The molecule has 0 radical (unpaired) electrons. The topological polar surface area (TPSA) is 42.2 Å². The number of hydrogen-bond acceptors (Lipinski definition) is 2. The van der Waals surface area contributed by atoms with Crippen LogP contribution in [0.15, 0.2) is 34.9 Å². The van der Waals surface area contributed by atoms with E-state index < -0.39 is 0 Å². The van der Waals surface area contributed by atoms with Gasteiger partial charge < -0.3 is 9.73 Å². The third kappa shape index (κ3) is 2.62. The van der Waals surface area contributed by atoms with Gasteiger partial charge >= 0.3 is 0 Å². The van der Waals surface area contributed by atoms with Crippen molar-refractivity contribution in [2.24, 2.45) is 0 Å². The summed E-state index contributed by atoms with van der Waals surface area (Å²) < 4.78 is 5.06. The standard InChI is InChI=1S/C12H9Cl2NO2/c1-7-9(4-5-17-7)12(16)15-11-6-8(13)2-3-10(11)14/h2-6H,1H3,(H,15,16). The van der Waals surface area contributed by atoms with E-state index in [-0.39, 0.29) is 5.91 Å². The second kappa shape index (κ2) is 4.82. The lowest BCUT2D eigenvalue weighted by molar-refractivity contribution is 0.102. The molecule has 0 fully saturated rings. The molecule has 0 bridgehead atoms. The Morgan fingerprint density at radius 3 is 2.71 bits per heavy atom. The summed E-state index contributed by atoms with van der Waals surface area (Å²) in [4.78, 5) is 11.9. The molecular formula is C12H9Cl2NO2. The number of carbonyl (C=O) groups excluding carboxylic acids is 1. The fraction of sp³-hybridized carbons (Fsp3) is 0.0833. The van der Waals surface area contributed by atoms with Crippen molar-refractivity contribution in [3.05, 3.63) is 51.9 Å². The zero-order chi connectivity index (χ0) is 12.4. The molecule has 17 heavy (non-hydrogen) atoms. The van der Waals surface area contributed by atoms with Crippen LogP contribution >= 0.6 is 23.2 Å². The Labute approximate surface area is 108 Å². The van der Waals surface area contributed by atoms with Gasteiger partial charge in [0, 0.05) is 5.02 Å². The Balaban J connectivity index is 2.24. The summed E-state index contributed by atoms with van der Waals surface area (Å²) in [6.45, 7) is 1.72. The third-order valence-corrected chi connectivity index (χ3v) is 2.84. The van der Waals surface area contributed by atoms with Gasteiger partial charge in [0.15, 0.2) is 0 Å². The molecule has 88 valence electrons. The third-order valence-electron chi connectivity index (χ3n) is 2.28. The minimum absolute atomic E-state index is 0.277. The van der Waals surface area contributed by atoms with Gasteiger partial charge in [-0.25, -0.2) is 0 Å². The van der Waals surface area contributed by atoms with Crippen molar-refractivity contribution >= 4 is 34.8 Å². The Hall–Kier alpha value is -1.45. The second-order valence-electron chi connectivity index (χ2n) is 3.47. The summed E-state index contributed by atoms with van der Waals surface area (Å²) in [5.74, 6) is 0.279. The van der Waals surface area contributed by atoms with Crippen molar-refractivity contribution in [2.45, 2.75) is 6.92 Å². The van der Waals surface area contributed by atoms with Crippen LogP contribution in [0.25, 0.3) is 0 Å². The number of rotatable bonds is 2. The van der Waals surface area contributed by atoms with Crippen LogP contribution in [0, 0.1) is 6.92 Å². The van der Waals surface area contributed by atoms with Crippen LogP contribution in [-0.4, -0.2) is 5.91 Å². The summed E-state index contributed by atoms with van der Waals surface area (Å²) in [6, 6.07) is 6.48. The number of aryl methyl sites for hydroxylation is 1. The van der Waals surface area contributed by atoms with Crippen LogP contribution in [0.2, 0.25) is 10.0 Å². The monoisotopic (exact) mass is 269 g/mol. The van der Waals surface area contributed by atoms with E-state index in [2.05, 4.69) is 5.32 Å². The molecule has 0 saturated heterocycles. The average Bonchev–Trinajstić information content (AvgIpc) is 2.70. The molecule has 0 aliphatic carbocycles. The van der Waals surface area contributed by atoms with Crippen LogP contribution in [-0.2, 0) is 0 Å². The number of nitrogens with one attached hydrogen (secondary N) is 1. The maximum absolute atomic E-state index is 11.9. The lowest BCUT2D eigenvalue weighted by Gasteiger charge is -2.06. The van der Waals surface area contributed by atoms with E-state index in [1.165, 1.54) is 6.26 Å². The molecule has 0 aliphatic heterocycles. The summed E-state index contributed by atoms with van der Waals surface area (Å²) in [6.07, 6.45) is 1.46. The van der Waals surface area contributed by atoms with Gasteiger partial charge in [0.05, 0.1) is 22.5 Å². The molecule has 0 aliphatic rings. The van der Waals surface area contributed by atoms with Gasteiger partial charge in [-0.15, -0.1) is 0 Å². The van der Waals surface area contributed by atoms with Crippen molar-refractivity contribution in [3.8, 4) is 0 Å². The van der Waals surface area contributed by atoms with E-state index in [9.17, 15) is 4.79 Å². The minimum Gasteiger partial charge on any atom is -0.469 e. The predicted molar refractivity (Wildman–Crippen MR) is 67.9 cm³/mol. The molecular weight excluding hydrogens is 261 g/mol. The molecule has 0 atom stereocenters. The summed E-state index contributed by atoms with van der Waals surface area (Å²) in [5.41, 5.74) is 0.950. The van der Waals surface area contributed by atoms with Crippen molar-refractivity contribution < 1.29 is 9.21 Å². The molecule has 1 aromatic heterocycles. The molecule has 1 aromatic carbocycles. The van der Waals surface area contributed by atoms with E-state index in [4.69, 9.17) is 27.6 Å². The van der Waals surface area contributed by atoms with Crippen LogP contribution in [0.1, 0.15) is 16.1 Å². The van der Waals surface area contributed by atoms with Gasteiger partial charge in [-0.3, -0.25) is 4.79 Å². The molecule has 3 nitrogen and oxygen atoms in total. The zero-order valence-electron chi connectivity index (χ0n) is 8.96. The molecule has 0 unspecified atom stereocenters. The van der Waals surface area contributed by atoms with Gasteiger partial charge in [0.25, 0.3) is 5.91 Å². The maximum atomic E-state index is 11.9.